The Balaban J connectivity index is 1.52. The first-order valence-electron chi connectivity index (χ1n) is 9.28. The molecule has 1 aliphatic heterocycles. The molecule has 1 aromatic heterocycles. The van der Waals surface area contributed by atoms with Crippen molar-refractivity contribution in [1.82, 2.24) is 10.1 Å². The van der Waals surface area contributed by atoms with E-state index < -0.39 is 5.97 Å². The lowest BCUT2D eigenvalue weighted by Gasteiger charge is -2.36. The number of hydrogen-bond acceptors (Lipinski definition) is 6. The van der Waals surface area contributed by atoms with Crippen LogP contribution in [0.15, 0.2) is 28.8 Å². The van der Waals surface area contributed by atoms with Crippen LogP contribution in [0.5, 0.6) is 0 Å². The average Bonchev–Trinajstić information content (AvgIpc) is 3.08. The molecule has 0 unspecified atom stereocenters. The molecule has 7 nitrogen and oxygen atoms in total. The van der Waals surface area contributed by atoms with Crippen molar-refractivity contribution in [2.24, 2.45) is 0 Å². The summed E-state index contributed by atoms with van der Waals surface area (Å²) in [6.07, 6.45) is 0. The Kier molecular flexibility index (Phi) is 6.24. The first-order valence-corrected chi connectivity index (χ1v) is 9.66. The topological polar surface area (TPSA) is 75.9 Å². The van der Waals surface area contributed by atoms with Gasteiger partial charge in [0.2, 0.25) is 0 Å². The number of nitrogens with zero attached hydrogens (tertiary/aromatic N) is 3. The van der Waals surface area contributed by atoms with Gasteiger partial charge in [-0.15, -0.1) is 0 Å². The van der Waals surface area contributed by atoms with Crippen LogP contribution >= 0.6 is 11.6 Å². The van der Waals surface area contributed by atoms with Gasteiger partial charge in [-0.25, -0.2) is 4.79 Å². The van der Waals surface area contributed by atoms with Crippen molar-refractivity contribution >= 4 is 29.2 Å². The minimum absolute atomic E-state index is 0.000908. The molecule has 0 atom stereocenters. The minimum Gasteiger partial charge on any atom is -0.452 e. The lowest BCUT2D eigenvalue weighted by Crippen LogP contribution is -2.49. The van der Waals surface area contributed by atoms with Crippen LogP contribution in [0.1, 0.15) is 41.6 Å². The fourth-order valence-electron chi connectivity index (χ4n) is 3.21. The molecule has 2 aromatic rings. The predicted molar refractivity (Wildman–Crippen MR) is 106 cm³/mol. The first kappa shape index (κ1) is 20.2. The van der Waals surface area contributed by atoms with Gasteiger partial charge in [0, 0.05) is 42.8 Å². The SMILES string of the molecule is Cc1noc(C(C)C)c1C(=O)OCC(=O)N1CCN(c2cccc(Cl)c2)CC1. The van der Waals surface area contributed by atoms with Crippen molar-refractivity contribution in [3.05, 3.63) is 46.3 Å². The number of rotatable bonds is 5. The van der Waals surface area contributed by atoms with E-state index in [4.69, 9.17) is 20.9 Å². The Morgan fingerprint density at radius 1 is 1.25 bits per heavy atom. The van der Waals surface area contributed by atoms with E-state index in [0.717, 1.165) is 5.69 Å². The molecular formula is C20H24ClN3O4. The molecule has 1 aliphatic rings. The summed E-state index contributed by atoms with van der Waals surface area (Å²) < 4.78 is 10.4. The third kappa shape index (κ3) is 4.47. The summed E-state index contributed by atoms with van der Waals surface area (Å²) in [4.78, 5) is 28.7. The highest BCUT2D eigenvalue weighted by molar-refractivity contribution is 6.30. The molecule has 2 heterocycles. The highest BCUT2D eigenvalue weighted by atomic mass is 35.5. The molecule has 150 valence electrons. The van der Waals surface area contributed by atoms with Gasteiger partial charge in [-0.05, 0) is 25.1 Å². The highest BCUT2D eigenvalue weighted by Crippen LogP contribution is 2.23. The number of anilines is 1. The fourth-order valence-corrected chi connectivity index (χ4v) is 3.39. The summed E-state index contributed by atoms with van der Waals surface area (Å²) in [5.74, 6) is -0.309. The molecule has 1 aromatic carbocycles. The van der Waals surface area contributed by atoms with Crippen molar-refractivity contribution in [3.8, 4) is 0 Å². The molecule has 28 heavy (non-hydrogen) atoms. The number of halogens is 1. The first-order chi connectivity index (χ1) is 13.4. The summed E-state index contributed by atoms with van der Waals surface area (Å²) in [5.41, 5.74) is 1.82. The normalized spacial score (nSPS) is 14.5. The zero-order chi connectivity index (χ0) is 20.3. The maximum Gasteiger partial charge on any atom is 0.344 e. The molecule has 0 radical (unpaired) electrons. The van der Waals surface area contributed by atoms with Crippen LogP contribution in [0.2, 0.25) is 5.02 Å². The van der Waals surface area contributed by atoms with Gasteiger partial charge in [0.25, 0.3) is 5.91 Å². The smallest absolute Gasteiger partial charge is 0.344 e. The van der Waals surface area contributed by atoms with Crippen LogP contribution < -0.4 is 4.90 Å². The van der Waals surface area contributed by atoms with Gasteiger partial charge in [-0.1, -0.05) is 36.7 Å². The van der Waals surface area contributed by atoms with E-state index >= 15 is 0 Å². The lowest BCUT2D eigenvalue weighted by atomic mass is 10.1. The van der Waals surface area contributed by atoms with Crippen LogP contribution in [-0.4, -0.2) is 54.7 Å². The molecule has 3 rings (SSSR count). The third-order valence-electron chi connectivity index (χ3n) is 4.75. The highest BCUT2D eigenvalue weighted by Gasteiger charge is 2.26. The van der Waals surface area contributed by atoms with Crippen LogP contribution in [0, 0.1) is 6.92 Å². The number of esters is 1. The molecule has 1 saturated heterocycles. The Morgan fingerprint density at radius 3 is 2.61 bits per heavy atom. The number of piperazine rings is 1. The minimum atomic E-state index is -0.576. The second-order valence-electron chi connectivity index (χ2n) is 7.09. The maximum absolute atomic E-state index is 12.4. The molecule has 1 fully saturated rings. The maximum atomic E-state index is 12.4. The number of amides is 1. The largest absolute Gasteiger partial charge is 0.452 e. The number of benzene rings is 1. The van der Waals surface area contributed by atoms with Gasteiger partial charge in [0.05, 0.1) is 5.69 Å². The van der Waals surface area contributed by atoms with Crippen molar-refractivity contribution in [2.75, 3.05) is 37.7 Å². The Morgan fingerprint density at radius 2 is 1.96 bits per heavy atom. The zero-order valence-corrected chi connectivity index (χ0v) is 17.0. The Bertz CT molecular complexity index is 857. The van der Waals surface area contributed by atoms with E-state index in [0.29, 0.717) is 48.2 Å². The molecule has 0 aliphatic carbocycles. The molecule has 8 heteroatoms. The number of aromatic nitrogens is 1. The molecule has 1 amide bonds. The monoisotopic (exact) mass is 405 g/mol. The fraction of sp³-hybridized carbons (Fsp3) is 0.450. The van der Waals surface area contributed by atoms with Gasteiger partial charge in [0.15, 0.2) is 12.4 Å². The molecule has 0 saturated carbocycles. The van der Waals surface area contributed by atoms with Gasteiger partial charge in [0.1, 0.15) is 5.56 Å². The van der Waals surface area contributed by atoms with Crippen LogP contribution in [0.25, 0.3) is 0 Å². The van der Waals surface area contributed by atoms with E-state index in [2.05, 4.69) is 10.1 Å². The third-order valence-corrected chi connectivity index (χ3v) is 4.99. The van der Waals surface area contributed by atoms with Crippen LogP contribution in [0.4, 0.5) is 5.69 Å². The summed E-state index contributed by atoms with van der Waals surface area (Å²) in [6.45, 7) is 7.72. The average molecular weight is 406 g/mol. The van der Waals surface area contributed by atoms with Crippen molar-refractivity contribution < 1.29 is 18.8 Å². The van der Waals surface area contributed by atoms with E-state index in [1.807, 2.05) is 38.1 Å². The quantitative estimate of drug-likeness (QED) is 0.710. The lowest BCUT2D eigenvalue weighted by molar-refractivity contribution is -0.134. The molecular weight excluding hydrogens is 382 g/mol. The second kappa shape index (κ2) is 8.65. The number of aryl methyl sites for hydroxylation is 1. The standard InChI is InChI=1S/C20H24ClN3O4/c1-13(2)19-18(14(3)22-28-19)20(26)27-12-17(25)24-9-7-23(8-10-24)16-6-4-5-15(21)11-16/h4-6,11,13H,7-10,12H2,1-3H3. The van der Waals surface area contributed by atoms with Crippen LogP contribution in [0.3, 0.4) is 0 Å². The van der Waals surface area contributed by atoms with Crippen molar-refractivity contribution in [1.29, 1.82) is 0 Å². The number of carbonyl (C=O) groups excluding carboxylic acids is 2. The predicted octanol–water partition coefficient (Wildman–Crippen LogP) is 3.27. The van der Waals surface area contributed by atoms with E-state index in [1.165, 1.54) is 0 Å². The van der Waals surface area contributed by atoms with E-state index in [-0.39, 0.29) is 18.4 Å². The Labute approximate surface area is 169 Å². The summed E-state index contributed by atoms with van der Waals surface area (Å²) in [7, 11) is 0. The molecule has 0 spiro atoms. The zero-order valence-electron chi connectivity index (χ0n) is 16.3. The summed E-state index contributed by atoms with van der Waals surface area (Å²) in [5, 5.41) is 4.52. The van der Waals surface area contributed by atoms with E-state index in [1.54, 1.807) is 11.8 Å². The molecule has 0 bridgehead atoms. The summed E-state index contributed by atoms with van der Waals surface area (Å²) in [6, 6.07) is 7.65. The van der Waals surface area contributed by atoms with Crippen molar-refractivity contribution in [2.45, 2.75) is 26.7 Å². The van der Waals surface area contributed by atoms with Crippen LogP contribution in [-0.2, 0) is 9.53 Å². The van der Waals surface area contributed by atoms with Gasteiger partial charge in [-0.3, -0.25) is 4.79 Å². The number of hydrogen-bond donors (Lipinski definition) is 0. The van der Waals surface area contributed by atoms with Gasteiger partial charge >= 0.3 is 5.97 Å². The number of carbonyl (C=O) groups is 2. The molecule has 0 N–H and O–H groups in total. The van der Waals surface area contributed by atoms with E-state index in [9.17, 15) is 9.59 Å². The van der Waals surface area contributed by atoms with Crippen molar-refractivity contribution in [3.63, 3.8) is 0 Å². The number of ether oxygens (including phenoxy) is 1. The van der Waals surface area contributed by atoms with Gasteiger partial charge < -0.3 is 19.1 Å². The van der Waals surface area contributed by atoms with Gasteiger partial charge in [-0.2, -0.15) is 0 Å². The summed E-state index contributed by atoms with van der Waals surface area (Å²) >= 11 is 6.05. The second-order valence-corrected chi connectivity index (χ2v) is 7.52. The Hall–Kier alpha value is -2.54.